The molecule has 0 saturated carbocycles. The highest BCUT2D eigenvalue weighted by Gasteiger charge is 2.03. The van der Waals surface area contributed by atoms with E-state index >= 15 is 0 Å². The highest BCUT2D eigenvalue weighted by Crippen LogP contribution is 2.07. The van der Waals surface area contributed by atoms with Gasteiger partial charge in [-0.1, -0.05) is 12.6 Å². The zero-order valence-corrected chi connectivity index (χ0v) is 5.48. The van der Waals surface area contributed by atoms with E-state index in [-0.39, 0.29) is 11.4 Å². The molecule has 0 radical (unpaired) electrons. The zero-order chi connectivity index (χ0) is 8.27. The molecule has 1 aromatic rings. The molecule has 11 heavy (non-hydrogen) atoms. The molecule has 0 amide bonds. The summed E-state index contributed by atoms with van der Waals surface area (Å²) < 4.78 is 0. The molecule has 0 bridgehead atoms. The predicted octanol–water partition coefficient (Wildman–Crippen LogP) is 1.33. The van der Waals surface area contributed by atoms with Crippen molar-refractivity contribution in [2.24, 2.45) is 0 Å². The number of rotatable bonds is 1. The van der Waals surface area contributed by atoms with Crippen LogP contribution in [0, 0.1) is 6.57 Å². The van der Waals surface area contributed by atoms with E-state index < -0.39 is 5.97 Å². The van der Waals surface area contributed by atoms with Gasteiger partial charge >= 0.3 is 5.97 Å². The fraction of sp³-hybridized carbons (Fsp3) is 0. The fourth-order valence-corrected chi connectivity index (χ4v) is 0.579. The summed E-state index contributed by atoms with van der Waals surface area (Å²) >= 11 is 0. The average Bonchev–Trinajstić information content (AvgIpc) is 2.05. The summed E-state index contributed by atoms with van der Waals surface area (Å²) in [6.07, 6.45) is 1.16. The monoisotopic (exact) mass is 148 g/mol. The van der Waals surface area contributed by atoms with Crippen molar-refractivity contribution in [2.75, 3.05) is 0 Å². The Morgan fingerprint density at radius 1 is 1.64 bits per heavy atom. The van der Waals surface area contributed by atoms with Crippen LogP contribution in [0.4, 0.5) is 5.82 Å². The Kier molecular flexibility index (Phi) is 1.83. The first kappa shape index (κ1) is 7.22. The third-order valence-corrected chi connectivity index (χ3v) is 1.11. The van der Waals surface area contributed by atoms with E-state index in [0.717, 1.165) is 6.20 Å². The molecule has 4 heteroatoms. The fourth-order valence-electron chi connectivity index (χ4n) is 0.579. The predicted molar refractivity (Wildman–Crippen MR) is 37.5 cm³/mol. The molecule has 0 aliphatic rings. The van der Waals surface area contributed by atoms with Gasteiger partial charge in [-0.2, -0.15) is 0 Å². The first-order valence-corrected chi connectivity index (χ1v) is 2.81. The van der Waals surface area contributed by atoms with Gasteiger partial charge in [0.05, 0.1) is 5.56 Å². The van der Waals surface area contributed by atoms with E-state index in [4.69, 9.17) is 11.7 Å². The number of carboxylic acid groups (broad SMARTS) is 1. The molecule has 54 valence electrons. The SMILES string of the molecule is [C-]#[N+]c1ccc(C(=O)O)cn1. The second kappa shape index (κ2) is 2.80. The van der Waals surface area contributed by atoms with Crippen molar-refractivity contribution >= 4 is 11.8 Å². The van der Waals surface area contributed by atoms with Gasteiger partial charge in [-0.05, 0) is 6.07 Å². The van der Waals surface area contributed by atoms with Crippen LogP contribution >= 0.6 is 0 Å². The first-order valence-electron chi connectivity index (χ1n) is 2.81. The van der Waals surface area contributed by atoms with Crippen molar-refractivity contribution < 1.29 is 9.90 Å². The van der Waals surface area contributed by atoms with Crippen molar-refractivity contribution in [1.29, 1.82) is 0 Å². The normalized spacial score (nSPS) is 8.64. The Morgan fingerprint density at radius 2 is 2.36 bits per heavy atom. The minimum Gasteiger partial charge on any atom is -0.478 e. The summed E-state index contributed by atoms with van der Waals surface area (Å²) in [5, 5.41) is 8.43. The summed E-state index contributed by atoms with van der Waals surface area (Å²) in [5.74, 6) is -0.830. The Bertz CT molecular complexity index is 310. The third kappa shape index (κ3) is 1.52. The second-order valence-corrected chi connectivity index (χ2v) is 1.82. The molecular weight excluding hydrogens is 144 g/mol. The smallest absolute Gasteiger partial charge is 0.339 e. The molecular formula is C7H4N2O2. The summed E-state index contributed by atoms with van der Waals surface area (Å²) in [6.45, 7) is 6.54. The van der Waals surface area contributed by atoms with E-state index in [1.165, 1.54) is 12.1 Å². The number of nitrogens with zero attached hydrogens (tertiary/aromatic N) is 2. The van der Waals surface area contributed by atoms with Gasteiger partial charge in [0.1, 0.15) is 6.20 Å². The maximum atomic E-state index is 10.3. The van der Waals surface area contributed by atoms with E-state index in [1.54, 1.807) is 0 Å². The number of aromatic carboxylic acids is 1. The summed E-state index contributed by atoms with van der Waals surface area (Å²) in [5.41, 5.74) is 0.0948. The van der Waals surface area contributed by atoms with E-state index in [0.29, 0.717) is 0 Å². The lowest BCUT2D eigenvalue weighted by Crippen LogP contribution is -1.95. The Labute approximate surface area is 62.9 Å². The van der Waals surface area contributed by atoms with Crippen LogP contribution in [-0.4, -0.2) is 16.1 Å². The van der Waals surface area contributed by atoms with Gasteiger partial charge in [-0.3, -0.25) is 0 Å². The van der Waals surface area contributed by atoms with Gasteiger partial charge in [0.25, 0.3) is 5.82 Å². The minimum absolute atomic E-state index is 0.0948. The number of hydrogen-bond acceptors (Lipinski definition) is 2. The van der Waals surface area contributed by atoms with Crippen molar-refractivity contribution in [1.82, 2.24) is 4.98 Å². The molecule has 0 aromatic carbocycles. The first-order chi connectivity index (χ1) is 5.24. The van der Waals surface area contributed by atoms with Gasteiger partial charge in [0.2, 0.25) is 0 Å². The zero-order valence-electron chi connectivity index (χ0n) is 5.48. The van der Waals surface area contributed by atoms with Crippen molar-refractivity contribution in [3.63, 3.8) is 0 Å². The lowest BCUT2D eigenvalue weighted by molar-refractivity contribution is 0.0696. The van der Waals surface area contributed by atoms with E-state index in [1.807, 2.05) is 0 Å². The molecule has 0 saturated heterocycles. The van der Waals surface area contributed by atoms with Crippen molar-refractivity contribution in [3.8, 4) is 0 Å². The minimum atomic E-state index is -1.03. The van der Waals surface area contributed by atoms with Crippen LogP contribution in [0.5, 0.6) is 0 Å². The molecule has 0 aliphatic carbocycles. The molecule has 0 atom stereocenters. The largest absolute Gasteiger partial charge is 0.478 e. The molecule has 1 rings (SSSR count). The van der Waals surface area contributed by atoms with Gasteiger partial charge in [-0.25, -0.2) is 4.79 Å². The molecule has 1 aromatic heterocycles. The lowest BCUT2D eigenvalue weighted by Gasteiger charge is -1.89. The lowest BCUT2D eigenvalue weighted by atomic mass is 10.3. The molecule has 0 unspecified atom stereocenters. The van der Waals surface area contributed by atoms with Gasteiger partial charge in [-0.15, -0.1) is 4.98 Å². The highest BCUT2D eigenvalue weighted by molar-refractivity contribution is 5.87. The Morgan fingerprint density at radius 3 is 2.73 bits per heavy atom. The number of hydrogen-bond donors (Lipinski definition) is 1. The summed E-state index contributed by atoms with van der Waals surface area (Å²) in [7, 11) is 0. The number of aromatic nitrogens is 1. The topological polar surface area (TPSA) is 54.5 Å². The van der Waals surface area contributed by atoms with Crippen LogP contribution in [0.15, 0.2) is 18.3 Å². The molecule has 0 spiro atoms. The molecule has 1 heterocycles. The van der Waals surface area contributed by atoms with Crippen LogP contribution < -0.4 is 0 Å². The van der Waals surface area contributed by atoms with Crippen molar-refractivity contribution in [3.05, 3.63) is 35.3 Å². The van der Waals surface area contributed by atoms with Crippen LogP contribution in [0.2, 0.25) is 0 Å². The Hall–Kier alpha value is -1.89. The second-order valence-electron chi connectivity index (χ2n) is 1.82. The highest BCUT2D eigenvalue weighted by atomic mass is 16.4. The quantitative estimate of drug-likeness (QED) is 0.611. The van der Waals surface area contributed by atoms with Crippen molar-refractivity contribution in [2.45, 2.75) is 0 Å². The third-order valence-electron chi connectivity index (χ3n) is 1.11. The van der Waals surface area contributed by atoms with Gasteiger partial charge < -0.3 is 9.95 Å². The van der Waals surface area contributed by atoms with Crippen LogP contribution in [0.1, 0.15) is 10.4 Å². The maximum Gasteiger partial charge on any atom is 0.339 e. The number of carboxylic acids is 1. The number of pyridine rings is 1. The van der Waals surface area contributed by atoms with Crippen LogP contribution in [0.25, 0.3) is 4.85 Å². The standard InChI is InChI=1S/C7H4N2O2/c1-8-6-3-2-5(4-9-6)7(10)11/h2-4H,(H,10,11). The summed E-state index contributed by atoms with van der Waals surface area (Å²) in [6, 6.07) is 2.72. The summed E-state index contributed by atoms with van der Waals surface area (Å²) in [4.78, 5) is 16.9. The van der Waals surface area contributed by atoms with E-state index in [9.17, 15) is 4.79 Å². The van der Waals surface area contributed by atoms with Crippen LogP contribution in [0.3, 0.4) is 0 Å². The van der Waals surface area contributed by atoms with E-state index in [2.05, 4.69) is 9.83 Å². The van der Waals surface area contributed by atoms with Gasteiger partial charge in [0, 0.05) is 0 Å². The Balaban J connectivity index is 3.03. The van der Waals surface area contributed by atoms with Crippen LogP contribution in [-0.2, 0) is 0 Å². The van der Waals surface area contributed by atoms with Gasteiger partial charge in [0.15, 0.2) is 0 Å². The number of carbonyl (C=O) groups is 1. The molecule has 1 N–H and O–H groups in total. The molecule has 0 fully saturated rings. The average molecular weight is 148 g/mol. The molecule has 0 aliphatic heterocycles. The molecule has 4 nitrogen and oxygen atoms in total. The maximum absolute atomic E-state index is 10.3.